The van der Waals surface area contributed by atoms with Crippen LogP contribution in [0.15, 0.2) is 24.5 Å². The van der Waals surface area contributed by atoms with Crippen molar-refractivity contribution >= 4 is 5.97 Å². The van der Waals surface area contributed by atoms with Gasteiger partial charge in [-0.2, -0.15) is 5.10 Å². The van der Waals surface area contributed by atoms with E-state index in [0.29, 0.717) is 17.2 Å². The van der Waals surface area contributed by atoms with E-state index in [1.165, 1.54) is 6.07 Å². The van der Waals surface area contributed by atoms with E-state index in [1.807, 2.05) is 0 Å². The second kappa shape index (κ2) is 4.25. The number of carbonyl (C=O) groups is 1. The molecule has 17 heavy (non-hydrogen) atoms. The predicted octanol–water partition coefficient (Wildman–Crippen LogP) is 1.61. The lowest BCUT2D eigenvalue weighted by Crippen LogP contribution is -2.01. The Kier molecular flexibility index (Phi) is 2.78. The molecule has 2 aromatic rings. The molecule has 0 aliphatic carbocycles. The van der Waals surface area contributed by atoms with Crippen LogP contribution < -0.4 is 4.74 Å². The number of aryl methyl sites for hydroxylation is 2. The average Bonchev–Trinajstić information content (AvgIpc) is 2.63. The van der Waals surface area contributed by atoms with Crippen LogP contribution in [0.5, 0.6) is 11.5 Å². The highest BCUT2D eigenvalue weighted by molar-refractivity contribution is 5.85. The van der Waals surface area contributed by atoms with Gasteiger partial charge < -0.3 is 9.84 Å². The third-order valence-corrected chi connectivity index (χ3v) is 2.06. The Hall–Kier alpha value is -2.37. The van der Waals surface area contributed by atoms with Gasteiger partial charge in [0.05, 0.1) is 12.4 Å². The average molecular weight is 233 g/mol. The van der Waals surface area contributed by atoms with E-state index in [9.17, 15) is 4.79 Å². The third-order valence-electron chi connectivity index (χ3n) is 2.06. The normalized spacial score (nSPS) is 10.2. The fourth-order valence-corrected chi connectivity index (χ4v) is 1.39. The van der Waals surface area contributed by atoms with Gasteiger partial charge in [0.1, 0.15) is 5.75 Å². The monoisotopic (exact) mass is 233 g/mol. The van der Waals surface area contributed by atoms with E-state index in [4.69, 9.17) is 9.84 Å². The SMILES string of the molecule is Cc1cc(Oc2cnn(C)c2)cc(C(=O)O)n1. The Balaban J connectivity index is 2.29. The number of rotatable bonds is 3. The van der Waals surface area contributed by atoms with Crippen LogP contribution in [-0.2, 0) is 7.05 Å². The molecule has 2 aromatic heterocycles. The summed E-state index contributed by atoms with van der Waals surface area (Å²) in [5, 5.41) is 12.8. The molecule has 6 heteroatoms. The largest absolute Gasteiger partial charge is 0.477 e. The minimum absolute atomic E-state index is 0.0381. The summed E-state index contributed by atoms with van der Waals surface area (Å²) in [6.45, 7) is 1.71. The number of carboxylic acid groups (broad SMARTS) is 1. The minimum atomic E-state index is -1.08. The molecule has 0 bridgehead atoms. The van der Waals surface area contributed by atoms with Crippen molar-refractivity contribution in [2.45, 2.75) is 6.92 Å². The highest BCUT2D eigenvalue weighted by Crippen LogP contribution is 2.21. The molecular formula is C11H11N3O3. The molecular weight excluding hydrogens is 222 g/mol. The van der Waals surface area contributed by atoms with Crippen molar-refractivity contribution in [1.82, 2.24) is 14.8 Å². The first kappa shape index (κ1) is 11.1. The van der Waals surface area contributed by atoms with Crippen LogP contribution in [0.4, 0.5) is 0 Å². The quantitative estimate of drug-likeness (QED) is 0.871. The molecule has 0 aliphatic heterocycles. The zero-order valence-electron chi connectivity index (χ0n) is 9.41. The first-order valence-corrected chi connectivity index (χ1v) is 4.93. The Labute approximate surface area is 97.5 Å². The van der Waals surface area contributed by atoms with E-state index >= 15 is 0 Å². The number of hydrogen-bond acceptors (Lipinski definition) is 4. The lowest BCUT2D eigenvalue weighted by Gasteiger charge is -2.04. The van der Waals surface area contributed by atoms with Gasteiger partial charge in [0.25, 0.3) is 0 Å². The lowest BCUT2D eigenvalue weighted by atomic mass is 10.3. The van der Waals surface area contributed by atoms with E-state index in [-0.39, 0.29) is 5.69 Å². The summed E-state index contributed by atoms with van der Waals surface area (Å²) < 4.78 is 7.08. The molecule has 1 N–H and O–H groups in total. The Morgan fingerprint density at radius 3 is 2.76 bits per heavy atom. The Morgan fingerprint density at radius 2 is 2.18 bits per heavy atom. The first-order valence-electron chi connectivity index (χ1n) is 4.93. The molecule has 0 saturated heterocycles. The predicted molar refractivity (Wildman–Crippen MR) is 59.2 cm³/mol. The fourth-order valence-electron chi connectivity index (χ4n) is 1.39. The van der Waals surface area contributed by atoms with Crippen molar-refractivity contribution in [3.8, 4) is 11.5 Å². The van der Waals surface area contributed by atoms with Crippen LogP contribution in [-0.4, -0.2) is 25.8 Å². The third kappa shape index (κ3) is 2.60. The number of ether oxygens (including phenoxy) is 1. The van der Waals surface area contributed by atoms with Crippen LogP contribution in [0.1, 0.15) is 16.2 Å². The maximum Gasteiger partial charge on any atom is 0.354 e. The van der Waals surface area contributed by atoms with Gasteiger partial charge in [-0.1, -0.05) is 0 Å². The number of hydrogen-bond donors (Lipinski definition) is 1. The highest BCUT2D eigenvalue weighted by Gasteiger charge is 2.09. The van der Waals surface area contributed by atoms with Gasteiger partial charge in [-0.05, 0) is 6.92 Å². The molecule has 2 rings (SSSR count). The molecule has 0 atom stereocenters. The zero-order chi connectivity index (χ0) is 12.4. The van der Waals surface area contributed by atoms with Crippen LogP contribution in [0, 0.1) is 6.92 Å². The summed E-state index contributed by atoms with van der Waals surface area (Å²) in [4.78, 5) is 14.7. The standard InChI is InChI=1S/C11H11N3O3/c1-7-3-8(4-10(13-7)11(15)16)17-9-5-12-14(2)6-9/h3-6H,1-2H3,(H,15,16). The molecule has 2 heterocycles. The molecule has 0 aliphatic rings. The van der Waals surface area contributed by atoms with Gasteiger partial charge >= 0.3 is 5.97 Å². The Morgan fingerprint density at radius 1 is 1.41 bits per heavy atom. The van der Waals surface area contributed by atoms with Crippen LogP contribution in [0.2, 0.25) is 0 Å². The van der Waals surface area contributed by atoms with Crippen LogP contribution in [0.3, 0.4) is 0 Å². The molecule has 0 aromatic carbocycles. The van der Waals surface area contributed by atoms with E-state index < -0.39 is 5.97 Å². The van der Waals surface area contributed by atoms with Crippen LogP contribution in [0.25, 0.3) is 0 Å². The summed E-state index contributed by atoms with van der Waals surface area (Å²) in [6.07, 6.45) is 3.24. The number of pyridine rings is 1. The zero-order valence-corrected chi connectivity index (χ0v) is 9.41. The van der Waals surface area contributed by atoms with E-state index in [1.54, 1.807) is 37.1 Å². The summed E-state index contributed by atoms with van der Waals surface area (Å²) in [7, 11) is 1.77. The molecule has 0 unspecified atom stereocenters. The second-order valence-corrected chi connectivity index (χ2v) is 3.59. The first-order chi connectivity index (χ1) is 8.04. The van der Waals surface area contributed by atoms with Gasteiger partial charge in [-0.15, -0.1) is 0 Å². The number of aromatic carboxylic acids is 1. The molecule has 0 radical (unpaired) electrons. The van der Waals surface area contributed by atoms with E-state index in [2.05, 4.69) is 10.1 Å². The maximum absolute atomic E-state index is 10.8. The summed E-state index contributed by atoms with van der Waals surface area (Å²) in [5.41, 5.74) is 0.549. The van der Waals surface area contributed by atoms with Gasteiger partial charge in [0.2, 0.25) is 0 Å². The molecule has 88 valence electrons. The van der Waals surface area contributed by atoms with Crippen molar-refractivity contribution in [3.63, 3.8) is 0 Å². The molecule has 0 fully saturated rings. The molecule has 0 spiro atoms. The van der Waals surface area contributed by atoms with Crippen molar-refractivity contribution in [2.24, 2.45) is 7.05 Å². The number of carboxylic acids is 1. The molecule has 0 saturated carbocycles. The highest BCUT2D eigenvalue weighted by atomic mass is 16.5. The Bertz CT molecular complexity index is 563. The van der Waals surface area contributed by atoms with Gasteiger partial charge in [-0.25, -0.2) is 9.78 Å². The summed E-state index contributed by atoms with van der Waals surface area (Å²) in [6, 6.07) is 3.04. The van der Waals surface area contributed by atoms with Crippen molar-refractivity contribution in [1.29, 1.82) is 0 Å². The lowest BCUT2D eigenvalue weighted by molar-refractivity contribution is 0.0690. The van der Waals surface area contributed by atoms with Crippen molar-refractivity contribution in [2.75, 3.05) is 0 Å². The minimum Gasteiger partial charge on any atom is -0.477 e. The van der Waals surface area contributed by atoms with E-state index in [0.717, 1.165) is 0 Å². The number of aromatic nitrogens is 3. The van der Waals surface area contributed by atoms with Crippen molar-refractivity contribution in [3.05, 3.63) is 35.9 Å². The second-order valence-electron chi connectivity index (χ2n) is 3.59. The van der Waals surface area contributed by atoms with Crippen molar-refractivity contribution < 1.29 is 14.6 Å². The maximum atomic E-state index is 10.8. The van der Waals surface area contributed by atoms with Crippen LogP contribution >= 0.6 is 0 Å². The molecule has 6 nitrogen and oxygen atoms in total. The topological polar surface area (TPSA) is 77.2 Å². The number of nitrogens with zero attached hydrogens (tertiary/aromatic N) is 3. The van der Waals surface area contributed by atoms with Gasteiger partial charge in [0.15, 0.2) is 11.4 Å². The van der Waals surface area contributed by atoms with Gasteiger partial charge in [0, 0.05) is 24.9 Å². The molecule has 0 amide bonds. The summed E-state index contributed by atoms with van der Waals surface area (Å²) in [5.74, 6) is -0.0953. The van der Waals surface area contributed by atoms with Gasteiger partial charge in [-0.3, -0.25) is 4.68 Å². The summed E-state index contributed by atoms with van der Waals surface area (Å²) >= 11 is 0. The fraction of sp³-hybridized carbons (Fsp3) is 0.182. The smallest absolute Gasteiger partial charge is 0.354 e.